The first kappa shape index (κ1) is 12.7. The van der Waals surface area contributed by atoms with E-state index in [1.54, 1.807) is 24.3 Å². The molecule has 2 rings (SSSR count). The van der Waals surface area contributed by atoms with Crippen LogP contribution in [0.3, 0.4) is 0 Å². The van der Waals surface area contributed by atoms with Crippen molar-refractivity contribution >= 4 is 11.7 Å². The minimum absolute atomic E-state index is 0.183. The number of carbonyl (C=O) groups excluding carboxylic acids is 1. The van der Waals surface area contributed by atoms with Gasteiger partial charge in [0, 0.05) is 5.69 Å². The Morgan fingerprint density at radius 2 is 2.00 bits per heavy atom. The second-order valence-corrected chi connectivity index (χ2v) is 4.65. The van der Waals surface area contributed by atoms with E-state index in [-0.39, 0.29) is 12.4 Å². The first-order valence-corrected chi connectivity index (χ1v) is 6.38. The fraction of sp³-hybridized carbons (Fsp3) is 0.500. The van der Waals surface area contributed by atoms with E-state index < -0.39 is 0 Å². The number of nitrogen functional groups attached to an aromatic ring is 1. The molecule has 1 aliphatic rings. The maximum absolute atomic E-state index is 11.4. The van der Waals surface area contributed by atoms with Gasteiger partial charge in [-0.15, -0.1) is 0 Å². The van der Waals surface area contributed by atoms with Crippen molar-refractivity contribution in [2.24, 2.45) is 5.92 Å². The molecule has 0 bridgehead atoms. The van der Waals surface area contributed by atoms with Gasteiger partial charge in [-0.25, -0.2) is 0 Å². The molecule has 1 aromatic rings. The SMILES string of the molecule is Nc1ccc(OCCC(=O)OCC2CCC2)cc1. The number of rotatable bonds is 6. The third-order valence-corrected chi connectivity index (χ3v) is 3.16. The predicted octanol–water partition coefficient (Wildman–Crippen LogP) is 2.38. The van der Waals surface area contributed by atoms with Crippen molar-refractivity contribution < 1.29 is 14.3 Å². The van der Waals surface area contributed by atoms with E-state index in [4.69, 9.17) is 15.2 Å². The molecule has 2 N–H and O–H groups in total. The van der Waals surface area contributed by atoms with E-state index >= 15 is 0 Å². The minimum Gasteiger partial charge on any atom is -0.493 e. The molecule has 0 aromatic heterocycles. The summed E-state index contributed by atoms with van der Waals surface area (Å²) in [6, 6.07) is 7.11. The van der Waals surface area contributed by atoms with Crippen LogP contribution in [0.5, 0.6) is 5.75 Å². The van der Waals surface area contributed by atoms with E-state index in [1.807, 2.05) is 0 Å². The number of nitrogens with two attached hydrogens (primary N) is 1. The maximum atomic E-state index is 11.4. The Morgan fingerprint density at radius 1 is 1.28 bits per heavy atom. The predicted molar refractivity (Wildman–Crippen MR) is 69.3 cm³/mol. The Kier molecular flexibility index (Phi) is 4.45. The van der Waals surface area contributed by atoms with Gasteiger partial charge in [0.05, 0.1) is 19.6 Å². The van der Waals surface area contributed by atoms with Crippen LogP contribution in [0.2, 0.25) is 0 Å². The fourth-order valence-electron chi connectivity index (χ4n) is 1.76. The van der Waals surface area contributed by atoms with E-state index in [9.17, 15) is 4.79 Å². The van der Waals surface area contributed by atoms with E-state index in [0.29, 0.717) is 24.8 Å². The quantitative estimate of drug-likeness (QED) is 0.621. The molecule has 0 unspecified atom stereocenters. The van der Waals surface area contributed by atoms with Crippen LogP contribution >= 0.6 is 0 Å². The van der Waals surface area contributed by atoms with Gasteiger partial charge < -0.3 is 15.2 Å². The molecule has 0 aliphatic heterocycles. The Hall–Kier alpha value is -1.71. The van der Waals surface area contributed by atoms with Crippen LogP contribution in [-0.4, -0.2) is 19.2 Å². The summed E-state index contributed by atoms with van der Waals surface area (Å²) >= 11 is 0. The lowest BCUT2D eigenvalue weighted by atomic mass is 9.86. The molecule has 0 atom stereocenters. The first-order chi connectivity index (χ1) is 8.74. The molecular formula is C14H19NO3. The Bertz CT molecular complexity index is 385. The number of hydrogen-bond acceptors (Lipinski definition) is 4. The van der Waals surface area contributed by atoms with Gasteiger partial charge in [0.15, 0.2) is 0 Å². The fourth-order valence-corrected chi connectivity index (χ4v) is 1.76. The molecular weight excluding hydrogens is 230 g/mol. The van der Waals surface area contributed by atoms with Crippen LogP contribution in [0.1, 0.15) is 25.7 Å². The summed E-state index contributed by atoms with van der Waals surface area (Å²) in [6.07, 6.45) is 3.93. The number of carbonyl (C=O) groups is 1. The van der Waals surface area contributed by atoms with Crippen molar-refractivity contribution in [1.82, 2.24) is 0 Å². The monoisotopic (exact) mass is 249 g/mol. The molecule has 4 nitrogen and oxygen atoms in total. The summed E-state index contributed by atoms with van der Waals surface area (Å²) in [5.41, 5.74) is 6.26. The van der Waals surface area contributed by atoms with Crippen LogP contribution in [0.4, 0.5) is 5.69 Å². The molecule has 1 fully saturated rings. The van der Waals surface area contributed by atoms with Crippen molar-refractivity contribution in [2.45, 2.75) is 25.7 Å². The van der Waals surface area contributed by atoms with Crippen LogP contribution in [0.25, 0.3) is 0 Å². The van der Waals surface area contributed by atoms with Crippen molar-refractivity contribution in [3.05, 3.63) is 24.3 Å². The zero-order valence-electron chi connectivity index (χ0n) is 10.4. The Morgan fingerprint density at radius 3 is 2.61 bits per heavy atom. The first-order valence-electron chi connectivity index (χ1n) is 6.38. The molecule has 1 aromatic carbocycles. The third kappa shape index (κ3) is 3.95. The molecule has 0 amide bonds. The van der Waals surface area contributed by atoms with Gasteiger partial charge in [-0.2, -0.15) is 0 Å². The van der Waals surface area contributed by atoms with Crippen molar-refractivity contribution in [3.8, 4) is 5.75 Å². The third-order valence-electron chi connectivity index (χ3n) is 3.16. The number of hydrogen-bond donors (Lipinski definition) is 1. The number of ether oxygens (including phenoxy) is 2. The highest BCUT2D eigenvalue weighted by Gasteiger charge is 2.18. The van der Waals surface area contributed by atoms with Gasteiger partial charge in [-0.1, -0.05) is 6.42 Å². The summed E-state index contributed by atoms with van der Waals surface area (Å²) in [5.74, 6) is 1.13. The average molecular weight is 249 g/mol. The van der Waals surface area contributed by atoms with Crippen molar-refractivity contribution in [2.75, 3.05) is 18.9 Å². The van der Waals surface area contributed by atoms with Gasteiger partial charge in [0.1, 0.15) is 5.75 Å². The van der Waals surface area contributed by atoms with E-state index in [2.05, 4.69) is 0 Å². The molecule has 98 valence electrons. The molecule has 1 aliphatic carbocycles. The molecule has 18 heavy (non-hydrogen) atoms. The normalized spacial score (nSPS) is 14.9. The lowest BCUT2D eigenvalue weighted by Gasteiger charge is -2.24. The van der Waals surface area contributed by atoms with Gasteiger partial charge in [-0.3, -0.25) is 4.79 Å². The lowest BCUT2D eigenvalue weighted by molar-refractivity contribution is -0.146. The molecule has 1 saturated carbocycles. The van der Waals surface area contributed by atoms with Crippen LogP contribution in [0.15, 0.2) is 24.3 Å². The summed E-state index contributed by atoms with van der Waals surface area (Å²) in [4.78, 5) is 11.4. The van der Waals surface area contributed by atoms with E-state index in [1.165, 1.54) is 19.3 Å². The number of esters is 1. The van der Waals surface area contributed by atoms with Crippen LogP contribution in [-0.2, 0) is 9.53 Å². The number of benzene rings is 1. The molecule has 0 saturated heterocycles. The number of anilines is 1. The molecule has 0 radical (unpaired) electrons. The summed E-state index contributed by atoms with van der Waals surface area (Å²) < 4.78 is 10.6. The smallest absolute Gasteiger partial charge is 0.309 e. The Labute approximate surface area is 107 Å². The summed E-state index contributed by atoms with van der Waals surface area (Å²) in [7, 11) is 0. The summed E-state index contributed by atoms with van der Waals surface area (Å²) in [6.45, 7) is 0.911. The van der Waals surface area contributed by atoms with Gasteiger partial charge in [-0.05, 0) is 43.0 Å². The van der Waals surface area contributed by atoms with Gasteiger partial charge in [0.2, 0.25) is 0 Å². The van der Waals surface area contributed by atoms with Crippen LogP contribution < -0.4 is 10.5 Å². The van der Waals surface area contributed by atoms with E-state index in [0.717, 1.165) is 5.75 Å². The second-order valence-electron chi connectivity index (χ2n) is 4.65. The molecule has 0 spiro atoms. The van der Waals surface area contributed by atoms with Gasteiger partial charge >= 0.3 is 5.97 Å². The molecule has 0 heterocycles. The largest absolute Gasteiger partial charge is 0.493 e. The average Bonchev–Trinajstić information content (AvgIpc) is 2.30. The van der Waals surface area contributed by atoms with Crippen molar-refractivity contribution in [1.29, 1.82) is 0 Å². The zero-order valence-corrected chi connectivity index (χ0v) is 10.4. The van der Waals surface area contributed by atoms with Crippen molar-refractivity contribution in [3.63, 3.8) is 0 Å². The second kappa shape index (κ2) is 6.28. The van der Waals surface area contributed by atoms with Gasteiger partial charge in [0.25, 0.3) is 0 Å². The summed E-state index contributed by atoms with van der Waals surface area (Å²) in [5, 5.41) is 0. The highest BCUT2D eigenvalue weighted by atomic mass is 16.5. The zero-order chi connectivity index (χ0) is 12.8. The highest BCUT2D eigenvalue weighted by Crippen LogP contribution is 2.26. The standard InChI is InChI=1S/C14H19NO3/c15-12-4-6-13(7-5-12)17-9-8-14(16)18-10-11-2-1-3-11/h4-7,11H,1-3,8-10,15H2. The van der Waals surface area contributed by atoms with Crippen LogP contribution in [0, 0.1) is 5.92 Å². The maximum Gasteiger partial charge on any atom is 0.309 e. The minimum atomic E-state index is -0.183. The Balaban J connectivity index is 1.59. The highest BCUT2D eigenvalue weighted by molar-refractivity contribution is 5.69. The lowest BCUT2D eigenvalue weighted by Crippen LogP contribution is -2.20. The topological polar surface area (TPSA) is 61.5 Å². The molecule has 4 heteroatoms.